The van der Waals surface area contributed by atoms with Gasteiger partial charge in [-0.1, -0.05) is 18.2 Å². The molecule has 0 atom stereocenters. The van der Waals surface area contributed by atoms with E-state index in [2.05, 4.69) is 10.3 Å². The van der Waals surface area contributed by atoms with Crippen LogP contribution in [0.4, 0.5) is 4.39 Å². The molecule has 4 rings (SSSR count). The molecule has 2 heterocycles. The number of hydrogen-bond acceptors (Lipinski definition) is 4. The van der Waals surface area contributed by atoms with Crippen LogP contribution in [0.3, 0.4) is 0 Å². The van der Waals surface area contributed by atoms with Crippen LogP contribution in [-0.4, -0.2) is 10.9 Å². The van der Waals surface area contributed by atoms with Crippen molar-refractivity contribution in [2.24, 2.45) is 0 Å². The Morgan fingerprint density at radius 1 is 1.07 bits per heavy atom. The summed E-state index contributed by atoms with van der Waals surface area (Å²) in [6.45, 7) is 0.362. The van der Waals surface area contributed by atoms with Crippen molar-refractivity contribution in [2.75, 3.05) is 0 Å². The molecule has 0 saturated carbocycles. The Hall–Kier alpha value is -3.25. The van der Waals surface area contributed by atoms with Gasteiger partial charge in [-0.05, 0) is 53.4 Å². The molecule has 0 aliphatic heterocycles. The SMILES string of the molecule is O=C(NCc1cccc(Oc2ccccn2)c1)c1cc2cc(F)ccc2s1. The first-order chi connectivity index (χ1) is 13.2. The summed E-state index contributed by atoms with van der Waals surface area (Å²) in [7, 11) is 0. The summed E-state index contributed by atoms with van der Waals surface area (Å²) < 4.78 is 19.9. The lowest BCUT2D eigenvalue weighted by Crippen LogP contribution is -2.21. The van der Waals surface area contributed by atoms with Crippen LogP contribution < -0.4 is 10.1 Å². The predicted molar refractivity (Wildman–Crippen MR) is 104 cm³/mol. The number of fused-ring (bicyclic) bond motifs is 1. The van der Waals surface area contributed by atoms with Gasteiger partial charge in [-0.2, -0.15) is 0 Å². The van der Waals surface area contributed by atoms with E-state index in [4.69, 9.17) is 4.74 Å². The Balaban J connectivity index is 1.43. The van der Waals surface area contributed by atoms with Gasteiger partial charge in [0.25, 0.3) is 5.91 Å². The molecule has 0 bridgehead atoms. The van der Waals surface area contributed by atoms with Crippen LogP contribution in [0, 0.1) is 5.82 Å². The average molecular weight is 378 g/mol. The number of ether oxygens (including phenoxy) is 1. The number of benzene rings is 2. The van der Waals surface area contributed by atoms with Gasteiger partial charge < -0.3 is 10.1 Å². The van der Waals surface area contributed by atoms with E-state index >= 15 is 0 Å². The monoisotopic (exact) mass is 378 g/mol. The van der Waals surface area contributed by atoms with Gasteiger partial charge in [0.2, 0.25) is 5.88 Å². The topological polar surface area (TPSA) is 51.2 Å². The highest BCUT2D eigenvalue weighted by Gasteiger charge is 2.11. The molecule has 2 aromatic carbocycles. The van der Waals surface area contributed by atoms with Gasteiger partial charge in [-0.15, -0.1) is 11.3 Å². The van der Waals surface area contributed by atoms with Crippen LogP contribution >= 0.6 is 11.3 Å². The molecule has 4 nitrogen and oxygen atoms in total. The van der Waals surface area contributed by atoms with Crippen molar-refractivity contribution in [1.82, 2.24) is 10.3 Å². The van der Waals surface area contributed by atoms with Gasteiger partial charge >= 0.3 is 0 Å². The Labute approximate surface area is 159 Å². The zero-order valence-electron chi connectivity index (χ0n) is 14.2. The highest BCUT2D eigenvalue weighted by Crippen LogP contribution is 2.26. The molecule has 6 heteroatoms. The quantitative estimate of drug-likeness (QED) is 0.522. The van der Waals surface area contributed by atoms with Gasteiger partial charge in [-0.3, -0.25) is 4.79 Å². The smallest absolute Gasteiger partial charge is 0.261 e. The minimum atomic E-state index is -0.308. The van der Waals surface area contributed by atoms with Crippen LogP contribution in [0.25, 0.3) is 10.1 Å². The maximum atomic E-state index is 13.3. The lowest BCUT2D eigenvalue weighted by atomic mass is 10.2. The van der Waals surface area contributed by atoms with E-state index in [0.29, 0.717) is 23.1 Å². The molecule has 1 N–H and O–H groups in total. The molecule has 0 aliphatic rings. The largest absolute Gasteiger partial charge is 0.439 e. The second kappa shape index (κ2) is 7.55. The Morgan fingerprint density at radius 3 is 2.85 bits per heavy atom. The van der Waals surface area contributed by atoms with Crippen LogP contribution in [0.15, 0.2) is 72.9 Å². The number of pyridine rings is 1. The van der Waals surface area contributed by atoms with Gasteiger partial charge in [0, 0.05) is 23.5 Å². The standard InChI is InChI=1S/C21H15FN2O2S/c22-16-7-8-18-15(11-16)12-19(27-18)21(25)24-13-14-4-3-5-17(10-14)26-20-6-1-2-9-23-20/h1-12H,13H2,(H,24,25). The van der Waals surface area contributed by atoms with Crippen LogP contribution in [0.5, 0.6) is 11.6 Å². The fourth-order valence-electron chi connectivity index (χ4n) is 2.64. The summed E-state index contributed by atoms with van der Waals surface area (Å²) in [6, 6.07) is 19.1. The Kier molecular flexibility index (Phi) is 4.80. The Morgan fingerprint density at radius 2 is 2.00 bits per heavy atom. The van der Waals surface area contributed by atoms with Crippen molar-refractivity contribution in [3.8, 4) is 11.6 Å². The summed E-state index contributed by atoms with van der Waals surface area (Å²) in [5.74, 6) is 0.665. The molecule has 0 saturated heterocycles. The highest BCUT2D eigenvalue weighted by atomic mass is 32.1. The third kappa shape index (κ3) is 4.12. The number of carbonyl (C=O) groups excluding carboxylic acids is 1. The van der Waals surface area contributed by atoms with E-state index < -0.39 is 0 Å². The molecule has 0 radical (unpaired) electrons. The summed E-state index contributed by atoms with van der Waals surface area (Å²) in [5.41, 5.74) is 0.906. The zero-order chi connectivity index (χ0) is 18.6. The third-order valence-electron chi connectivity index (χ3n) is 3.91. The number of carbonyl (C=O) groups is 1. The molecule has 1 amide bonds. The normalized spacial score (nSPS) is 10.7. The summed E-state index contributed by atoms with van der Waals surface area (Å²) in [5, 5.41) is 3.62. The lowest BCUT2D eigenvalue weighted by Gasteiger charge is -2.07. The van der Waals surface area contributed by atoms with Gasteiger partial charge in [0.1, 0.15) is 11.6 Å². The van der Waals surface area contributed by atoms with Gasteiger partial charge in [-0.25, -0.2) is 9.37 Å². The van der Waals surface area contributed by atoms with Crippen molar-refractivity contribution in [1.29, 1.82) is 0 Å². The first kappa shape index (κ1) is 17.2. The summed E-state index contributed by atoms with van der Waals surface area (Å²) in [6.07, 6.45) is 1.66. The van der Waals surface area contributed by atoms with Gasteiger partial charge in [0.05, 0.1) is 4.88 Å². The number of halogens is 1. The number of nitrogens with one attached hydrogen (secondary N) is 1. The number of nitrogens with zero attached hydrogens (tertiary/aromatic N) is 1. The molecule has 0 fully saturated rings. The highest BCUT2D eigenvalue weighted by molar-refractivity contribution is 7.20. The van der Waals surface area contributed by atoms with Crippen molar-refractivity contribution < 1.29 is 13.9 Å². The van der Waals surface area contributed by atoms with E-state index in [1.165, 1.54) is 23.5 Å². The van der Waals surface area contributed by atoms with Crippen molar-refractivity contribution in [2.45, 2.75) is 6.54 Å². The number of aromatic nitrogens is 1. The first-order valence-corrected chi connectivity index (χ1v) is 9.14. The van der Waals surface area contributed by atoms with Crippen LogP contribution in [0.2, 0.25) is 0 Å². The molecule has 0 spiro atoms. The zero-order valence-corrected chi connectivity index (χ0v) is 15.0. The van der Waals surface area contributed by atoms with Crippen LogP contribution in [-0.2, 0) is 6.54 Å². The van der Waals surface area contributed by atoms with E-state index in [9.17, 15) is 9.18 Å². The minimum Gasteiger partial charge on any atom is -0.439 e. The molecule has 4 aromatic rings. The molecule has 27 heavy (non-hydrogen) atoms. The van der Waals surface area contributed by atoms with Crippen LogP contribution in [0.1, 0.15) is 15.2 Å². The number of rotatable bonds is 5. The molecule has 2 aromatic heterocycles. The minimum absolute atomic E-state index is 0.187. The average Bonchev–Trinajstić information content (AvgIpc) is 3.10. The Bertz CT molecular complexity index is 1100. The van der Waals surface area contributed by atoms with Gasteiger partial charge in [0.15, 0.2) is 0 Å². The summed E-state index contributed by atoms with van der Waals surface area (Å²) in [4.78, 5) is 17.1. The van der Waals surface area contributed by atoms with Crippen molar-refractivity contribution in [3.05, 3.63) is 89.2 Å². The predicted octanol–water partition coefficient (Wildman–Crippen LogP) is 5.16. The maximum Gasteiger partial charge on any atom is 0.261 e. The fourth-order valence-corrected chi connectivity index (χ4v) is 3.60. The second-order valence-corrected chi connectivity index (χ2v) is 6.98. The van der Waals surface area contributed by atoms with Crippen molar-refractivity contribution >= 4 is 27.3 Å². The molecule has 0 unspecified atom stereocenters. The third-order valence-corrected chi connectivity index (χ3v) is 5.03. The van der Waals surface area contributed by atoms with Crippen molar-refractivity contribution in [3.63, 3.8) is 0 Å². The number of amides is 1. The lowest BCUT2D eigenvalue weighted by molar-refractivity contribution is 0.0955. The van der Waals surface area contributed by atoms with E-state index in [0.717, 1.165) is 15.6 Å². The van der Waals surface area contributed by atoms with E-state index in [-0.39, 0.29) is 11.7 Å². The van der Waals surface area contributed by atoms with E-state index in [1.807, 2.05) is 36.4 Å². The van der Waals surface area contributed by atoms with E-state index in [1.54, 1.807) is 24.4 Å². The summed E-state index contributed by atoms with van der Waals surface area (Å²) >= 11 is 1.34. The number of thiophene rings is 1. The molecular formula is C21H15FN2O2S. The number of hydrogen-bond donors (Lipinski definition) is 1. The fraction of sp³-hybridized carbons (Fsp3) is 0.0476. The molecule has 0 aliphatic carbocycles. The first-order valence-electron chi connectivity index (χ1n) is 8.32. The molecular weight excluding hydrogens is 363 g/mol. The molecule has 134 valence electrons. The maximum absolute atomic E-state index is 13.3. The second-order valence-electron chi connectivity index (χ2n) is 5.89.